The lowest BCUT2D eigenvalue weighted by Gasteiger charge is -2.31. The zero-order chi connectivity index (χ0) is 14.8. The van der Waals surface area contributed by atoms with Gasteiger partial charge in [-0.3, -0.25) is 4.79 Å². The number of rotatable bonds is 2. The lowest BCUT2D eigenvalue weighted by atomic mass is 10.1. The number of nitrogens with zero attached hydrogens (tertiary/aromatic N) is 2. The smallest absolute Gasteiger partial charge is 0.243 e. The van der Waals surface area contributed by atoms with E-state index in [0.29, 0.717) is 5.56 Å². The zero-order valence-corrected chi connectivity index (χ0v) is 11.1. The maximum Gasteiger partial charge on any atom is 0.243 e. The molecule has 4 nitrogen and oxygen atoms in total. The van der Waals surface area contributed by atoms with Gasteiger partial charge in [-0.05, 0) is 24.3 Å². The summed E-state index contributed by atoms with van der Waals surface area (Å²) in [6, 6.07) is 13.7. The minimum absolute atomic E-state index is 0.122. The van der Waals surface area contributed by atoms with Gasteiger partial charge in [0.1, 0.15) is 5.82 Å². The van der Waals surface area contributed by atoms with E-state index in [1.807, 2.05) is 35.2 Å². The van der Waals surface area contributed by atoms with Crippen molar-refractivity contribution in [2.24, 2.45) is 0 Å². The Balaban J connectivity index is 1.92. The highest BCUT2D eigenvalue weighted by molar-refractivity contribution is 6.01. The summed E-state index contributed by atoms with van der Waals surface area (Å²) >= 11 is 0. The van der Waals surface area contributed by atoms with E-state index in [2.05, 4.69) is 5.32 Å². The number of hydrogen-bond acceptors (Lipinski definition) is 3. The molecule has 2 aromatic rings. The summed E-state index contributed by atoms with van der Waals surface area (Å²) < 4.78 is 14.0. The molecule has 0 atom stereocenters. The van der Waals surface area contributed by atoms with Crippen molar-refractivity contribution in [1.29, 1.82) is 5.26 Å². The number of amides is 1. The van der Waals surface area contributed by atoms with Crippen LogP contribution in [-0.2, 0) is 11.3 Å². The van der Waals surface area contributed by atoms with E-state index in [0.717, 1.165) is 11.4 Å². The van der Waals surface area contributed by atoms with Crippen molar-refractivity contribution < 1.29 is 9.18 Å². The third-order valence-electron chi connectivity index (χ3n) is 3.40. The Bertz CT molecular complexity index is 751. The van der Waals surface area contributed by atoms with Crippen molar-refractivity contribution in [2.75, 3.05) is 16.8 Å². The van der Waals surface area contributed by atoms with Gasteiger partial charge in [-0.1, -0.05) is 18.2 Å². The number of halogens is 1. The van der Waals surface area contributed by atoms with Crippen LogP contribution in [0.3, 0.4) is 0 Å². The quantitative estimate of drug-likeness (QED) is 0.920. The standard InChI is InChI=1S/C16H12FN3O/c17-13-7-11(8-18)5-6-12(13)9-20-10-16(21)19-14-3-1-2-4-15(14)20/h1-7H,9-10H2,(H,19,21). The topological polar surface area (TPSA) is 56.1 Å². The van der Waals surface area contributed by atoms with Crippen molar-refractivity contribution in [3.8, 4) is 6.07 Å². The molecular weight excluding hydrogens is 269 g/mol. The van der Waals surface area contributed by atoms with Gasteiger partial charge in [0, 0.05) is 12.1 Å². The molecule has 1 N–H and O–H groups in total. The molecule has 0 radical (unpaired) electrons. The first kappa shape index (κ1) is 13.1. The first-order valence-electron chi connectivity index (χ1n) is 6.50. The Morgan fingerprint density at radius 2 is 2.10 bits per heavy atom. The largest absolute Gasteiger partial charge is 0.356 e. The predicted octanol–water partition coefficient (Wildman–Crippen LogP) is 2.66. The molecule has 1 heterocycles. The van der Waals surface area contributed by atoms with Crippen LogP contribution >= 0.6 is 0 Å². The number of benzene rings is 2. The van der Waals surface area contributed by atoms with Gasteiger partial charge in [0.25, 0.3) is 0 Å². The molecule has 0 aliphatic carbocycles. The van der Waals surface area contributed by atoms with E-state index in [1.165, 1.54) is 6.07 Å². The second-order valence-electron chi connectivity index (χ2n) is 4.84. The van der Waals surface area contributed by atoms with E-state index >= 15 is 0 Å². The lowest BCUT2D eigenvalue weighted by molar-refractivity contribution is -0.115. The second kappa shape index (κ2) is 5.25. The fourth-order valence-electron chi connectivity index (χ4n) is 2.40. The third kappa shape index (κ3) is 2.56. The average Bonchev–Trinajstić information content (AvgIpc) is 2.49. The zero-order valence-electron chi connectivity index (χ0n) is 11.1. The summed E-state index contributed by atoms with van der Waals surface area (Å²) in [7, 11) is 0. The van der Waals surface area contributed by atoms with E-state index in [-0.39, 0.29) is 24.6 Å². The van der Waals surface area contributed by atoms with Crippen molar-refractivity contribution in [2.45, 2.75) is 6.54 Å². The summed E-state index contributed by atoms with van der Waals surface area (Å²) in [6.45, 7) is 0.457. The summed E-state index contributed by atoms with van der Waals surface area (Å²) in [5, 5.41) is 11.6. The van der Waals surface area contributed by atoms with Gasteiger partial charge in [0.15, 0.2) is 0 Å². The molecule has 2 aromatic carbocycles. The van der Waals surface area contributed by atoms with E-state index in [9.17, 15) is 9.18 Å². The molecule has 104 valence electrons. The van der Waals surface area contributed by atoms with E-state index < -0.39 is 5.82 Å². The molecule has 0 unspecified atom stereocenters. The highest BCUT2D eigenvalue weighted by Gasteiger charge is 2.22. The van der Waals surface area contributed by atoms with Gasteiger partial charge in [0.05, 0.1) is 29.6 Å². The number of nitrogens with one attached hydrogen (secondary N) is 1. The maximum atomic E-state index is 14.0. The molecule has 3 rings (SSSR count). The summed E-state index contributed by atoms with van der Waals surface area (Å²) in [4.78, 5) is 13.5. The van der Waals surface area contributed by atoms with Crippen molar-refractivity contribution in [3.63, 3.8) is 0 Å². The number of nitriles is 1. The Morgan fingerprint density at radius 3 is 2.86 bits per heavy atom. The van der Waals surface area contributed by atoms with Gasteiger partial charge >= 0.3 is 0 Å². The normalized spacial score (nSPS) is 13.3. The number of anilines is 2. The molecule has 21 heavy (non-hydrogen) atoms. The molecule has 0 saturated carbocycles. The summed E-state index contributed by atoms with van der Waals surface area (Å²) in [5.74, 6) is -0.555. The van der Waals surface area contributed by atoms with Crippen LogP contribution in [0.4, 0.5) is 15.8 Å². The van der Waals surface area contributed by atoms with E-state index in [4.69, 9.17) is 5.26 Å². The van der Waals surface area contributed by atoms with Crippen LogP contribution in [0.15, 0.2) is 42.5 Å². The van der Waals surface area contributed by atoms with Crippen LogP contribution in [0.2, 0.25) is 0 Å². The number of para-hydroxylation sites is 2. The third-order valence-corrected chi connectivity index (χ3v) is 3.40. The van der Waals surface area contributed by atoms with Crippen molar-refractivity contribution >= 4 is 17.3 Å². The Kier molecular flexibility index (Phi) is 3.28. The second-order valence-corrected chi connectivity index (χ2v) is 4.84. The molecule has 0 saturated heterocycles. The SMILES string of the molecule is N#Cc1ccc(CN2CC(=O)Nc3ccccc32)c(F)c1. The maximum absolute atomic E-state index is 14.0. The monoisotopic (exact) mass is 281 g/mol. The fraction of sp³-hybridized carbons (Fsp3) is 0.125. The van der Waals surface area contributed by atoms with Crippen LogP contribution in [0, 0.1) is 17.1 Å². The summed E-state index contributed by atoms with van der Waals surface area (Å²) in [5.41, 5.74) is 2.33. The van der Waals surface area contributed by atoms with Gasteiger partial charge in [-0.15, -0.1) is 0 Å². The van der Waals surface area contributed by atoms with Gasteiger partial charge < -0.3 is 10.2 Å². The number of carbonyl (C=O) groups excluding carboxylic acids is 1. The van der Waals surface area contributed by atoms with Crippen LogP contribution in [-0.4, -0.2) is 12.5 Å². The van der Waals surface area contributed by atoms with Gasteiger partial charge in [-0.2, -0.15) is 5.26 Å². The first-order chi connectivity index (χ1) is 10.2. The van der Waals surface area contributed by atoms with E-state index in [1.54, 1.807) is 12.1 Å². The lowest BCUT2D eigenvalue weighted by Crippen LogP contribution is -2.37. The molecular formula is C16H12FN3O. The van der Waals surface area contributed by atoms with Crippen LogP contribution < -0.4 is 10.2 Å². The minimum Gasteiger partial charge on any atom is -0.356 e. The summed E-state index contributed by atoms with van der Waals surface area (Å²) in [6.07, 6.45) is 0. The van der Waals surface area contributed by atoms with Crippen molar-refractivity contribution in [3.05, 3.63) is 59.4 Å². The number of hydrogen-bond donors (Lipinski definition) is 1. The van der Waals surface area contributed by atoms with Crippen LogP contribution in [0.5, 0.6) is 0 Å². The molecule has 0 fully saturated rings. The first-order valence-corrected chi connectivity index (χ1v) is 6.50. The molecule has 0 spiro atoms. The van der Waals surface area contributed by atoms with Crippen molar-refractivity contribution in [1.82, 2.24) is 0 Å². The predicted molar refractivity (Wildman–Crippen MR) is 77.2 cm³/mol. The molecule has 5 heteroatoms. The molecule has 0 bridgehead atoms. The number of fused-ring (bicyclic) bond motifs is 1. The molecule has 1 amide bonds. The highest BCUT2D eigenvalue weighted by atomic mass is 19.1. The molecule has 1 aliphatic rings. The van der Waals surface area contributed by atoms with Crippen LogP contribution in [0.25, 0.3) is 0 Å². The van der Waals surface area contributed by atoms with Gasteiger partial charge in [0.2, 0.25) is 5.91 Å². The van der Waals surface area contributed by atoms with Gasteiger partial charge in [-0.25, -0.2) is 4.39 Å². The Hall–Kier alpha value is -2.87. The molecule has 1 aliphatic heterocycles. The van der Waals surface area contributed by atoms with Crippen LogP contribution in [0.1, 0.15) is 11.1 Å². The highest BCUT2D eigenvalue weighted by Crippen LogP contribution is 2.30. The Morgan fingerprint density at radius 1 is 1.29 bits per heavy atom. The average molecular weight is 281 g/mol. The Labute approximate surface area is 121 Å². The fourth-order valence-corrected chi connectivity index (χ4v) is 2.40. The number of carbonyl (C=O) groups is 1. The molecule has 0 aromatic heterocycles. The minimum atomic E-state index is -0.433.